The maximum Gasteiger partial charge on any atom is 0.324 e. The molecule has 1 aromatic carbocycles. The Morgan fingerprint density at radius 3 is 2.88 bits per heavy atom. The van der Waals surface area contributed by atoms with E-state index < -0.39 is 5.82 Å². The molecule has 126 valence electrons. The van der Waals surface area contributed by atoms with E-state index in [0.29, 0.717) is 18.9 Å². The molecule has 3 N–H and O–H groups in total. The summed E-state index contributed by atoms with van der Waals surface area (Å²) in [6, 6.07) is 5.25. The fraction of sp³-hybridized carbons (Fsp3) is 0.267. The van der Waals surface area contributed by atoms with Gasteiger partial charge in [-0.3, -0.25) is 10.2 Å². The number of halogens is 1. The number of nitrogens with two attached hydrogens (primary N) is 1. The molecule has 2 heterocycles. The van der Waals surface area contributed by atoms with Crippen molar-refractivity contribution in [2.24, 2.45) is 0 Å². The van der Waals surface area contributed by atoms with Crippen molar-refractivity contribution in [3.05, 3.63) is 36.4 Å². The van der Waals surface area contributed by atoms with Crippen LogP contribution in [0, 0.1) is 5.82 Å². The topological polar surface area (TPSA) is 96.6 Å². The van der Waals surface area contributed by atoms with Gasteiger partial charge in [0.25, 0.3) is 0 Å². The molecule has 2 amide bonds. The number of hydrogen-bond acceptors (Lipinski definition) is 6. The quantitative estimate of drug-likeness (QED) is 0.831. The van der Waals surface area contributed by atoms with Crippen molar-refractivity contribution >= 4 is 17.5 Å². The van der Waals surface area contributed by atoms with Gasteiger partial charge in [-0.25, -0.2) is 19.2 Å². The minimum absolute atomic E-state index is 0.0126. The molecule has 0 spiro atoms. The van der Waals surface area contributed by atoms with Gasteiger partial charge >= 0.3 is 6.03 Å². The molecule has 3 rings (SSSR count). The number of amides is 2. The average molecular weight is 332 g/mol. The van der Waals surface area contributed by atoms with Crippen molar-refractivity contribution in [1.82, 2.24) is 19.8 Å². The van der Waals surface area contributed by atoms with E-state index in [0.717, 1.165) is 12.6 Å². The Morgan fingerprint density at radius 2 is 2.17 bits per heavy atom. The molecule has 1 aliphatic rings. The number of urea groups is 1. The summed E-state index contributed by atoms with van der Waals surface area (Å²) >= 11 is 0. The van der Waals surface area contributed by atoms with E-state index in [2.05, 4.69) is 15.3 Å². The molecule has 9 heteroatoms. The van der Waals surface area contributed by atoms with Crippen LogP contribution in [0.3, 0.4) is 0 Å². The van der Waals surface area contributed by atoms with Gasteiger partial charge < -0.3 is 15.4 Å². The van der Waals surface area contributed by atoms with Crippen LogP contribution in [0.2, 0.25) is 0 Å². The van der Waals surface area contributed by atoms with Crippen LogP contribution >= 0.6 is 0 Å². The molecule has 2 aromatic rings. The lowest BCUT2D eigenvalue weighted by atomic mass is 10.3. The molecule has 8 nitrogen and oxygen atoms in total. The lowest BCUT2D eigenvalue weighted by Gasteiger charge is -2.16. The monoisotopic (exact) mass is 332 g/mol. The Kier molecular flexibility index (Phi) is 4.43. The summed E-state index contributed by atoms with van der Waals surface area (Å²) in [5, 5.41) is 2.67. The Bertz CT molecular complexity index is 756. The van der Waals surface area contributed by atoms with Crippen LogP contribution < -0.4 is 15.8 Å². The Hall–Kier alpha value is -2.94. The molecule has 1 aliphatic heterocycles. The summed E-state index contributed by atoms with van der Waals surface area (Å²) in [5.41, 5.74) is 5.79. The highest BCUT2D eigenvalue weighted by molar-refractivity contribution is 5.88. The van der Waals surface area contributed by atoms with E-state index in [9.17, 15) is 9.18 Å². The molecule has 0 atom stereocenters. The third-order valence-electron chi connectivity index (χ3n) is 3.50. The van der Waals surface area contributed by atoms with Gasteiger partial charge in [-0.1, -0.05) is 0 Å². The summed E-state index contributed by atoms with van der Waals surface area (Å²) in [7, 11) is 1.94. The van der Waals surface area contributed by atoms with Gasteiger partial charge in [-0.15, -0.1) is 0 Å². The summed E-state index contributed by atoms with van der Waals surface area (Å²) in [6.07, 6.45) is 1.23. The number of benzene rings is 1. The normalized spacial score (nSPS) is 14.7. The van der Waals surface area contributed by atoms with Crippen LogP contribution in [0.5, 0.6) is 11.6 Å². The molecule has 1 aromatic heterocycles. The van der Waals surface area contributed by atoms with Crippen molar-refractivity contribution in [3.8, 4) is 11.6 Å². The smallest absolute Gasteiger partial charge is 0.324 e. The van der Waals surface area contributed by atoms with E-state index in [-0.39, 0.29) is 23.5 Å². The third kappa shape index (κ3) is 3.69. The van der Waals surface area contributed by atoms with Crippen molar-refractivity contribution in [2.45, 2.75) is 0 Å². The Morgan fingerprint density at radius 1 is 1.33 bits per heavy atom. The van der Waals surface area contributed by atoms with E-state index in [1.54, 1.807) is 4.90 Å². The number of nitrogen functional groups attached to an aromatic ring is 1. The van der Waals surface area contributed by atoms with Crippen LogP contribution in [0.25, 0.3) is 0 Å². The minimum Gasteiger partial charge on any atom is -0.436 e. The highest BCUT2D eigenvalue weighted by atomic mass is 19.1. The zero-order chi connectivity index (χ0) is 17.1. The lowest BCUT2D eigenvalue weighted by molar-refractivity contribution is 0.214. The molecular formula is C15H17FN6O2. The first-order valence-corrected chi connectivity index (χ1v) is 7.30. The zero-order valence-electron chi connectivity index (χ0n) is 13.1. The Balaban J connectivity index is 1.68. The fourth-order valence-electron chi connectivity index (χ4n) is 2.25. The van der Waals surface area contributed by atoms with Gasteiger partial charge in [-0.05, 0) is 19.2 Å². The van der Waals surface area contributed by atoms with Gasteiger partial charge in [0.05, 0.1) is 6.67 Å². The molecule has 0 radical (unpaired) electrons. The number of ether oxygens (including phenoxy) is 1. The second kappa shape index (κ2) is 6.67. The van der Waals surface area contributed by atoms with E-state index in [1.807, 2.05) is 11.9 Å². The largest absolute Gasteiger partial charge is 0.436 e. The van der Waals surface area contributed by atoms with Crippen molar-refractivity contribution in [1.29, 1.82) is 0 Å². The number of nitrogens with one attached hydrogen (secondary N) is 1. The van der Waals surface area contributed by atoms with Gasteiger partial charge in [0, 0.05) is 30.9 Å². The van der Waals surface area contributed by atoms with Gasteiger partial charge in [0.1, 0.15) is 12.1 Å². The summed E-state index contributed by atoms with van der Waals surface area (Å²) in [4.78, 5) is 23.7. The minimum atomic E-state index is -0.598. The molecule has 1 fully saturated rings. The lowest BCUT2D eigenvalue weighted by Crippen LogP contribution is -2.34. The first-order chi connectivity index (χ1) is 11.5. The predicted octanol–water partition coefficient (Wildman–Crippen LogP) is 1.73. The number of nitrogens with zero attached hydrogens (tertiary/aromatic N) is 4. The van der Waals surface area contributed by atoms with Crippen molar-refractivity contribution in [3.63, 3.8) is 0 Å². The molecule has 1 saturated heterocycles. The highest BCUT2D eigenvalue weighted by Crippen LogP contribution is 2.25. The number of carbonyl (C=O) groups excluding carboxylic acids is 1. The van der Waals surface area contributed by atoms with Gasteiger partial charge in [-0.2, -0.15) is 0 Å². The Labute approximate surface area is 138 Å². The number of likely N-dealkylation sites (N-methyl/N-ethyl adjacent to an activating group) is 1. The van der Waals surface area contributed by atoms with Crippen LogP contribution in [0.4, 0.5) is 20.7 Å². The summed E-state index contributed by atoms with van der Waals surface area (Å²) in [6.45, 7) is 2.02. The SMILES string of the molecule is CN1CCN(C(=O)Nc2cc(Oc3ccc(N)cc3F)ncn2)C1. The van der Waals surface area contributed by atoms with Crippen LogP contribution in [0.1, 0.15) is 0 Å². The number of rotatable bonds is 3. The second-order valence-electron chi connectivity index (χ2n) is 5.45. The molecular weight excluding hydrogens is 315 g/mol. The number of hydrogen-bond donors (Lipinski definition) is 2. The number of aromatic nitrogens is 2. The van der Waals surface area contributed by atoms with Gasteiger partial charge in [0.2, 0.25) is 5.88 Å². The third-order valence-corrected chi connectivity index (χ3v) is 3.50. The van der Waals surface area contributed by atoms with Crippen molar-refractivity contribution in [2.75, 3.05) is 37.9 Å². The molecule has 0 unspecified atom stereocenters. The zero-order valence-corrected chi connectivity index (χ0v) is 13.1. The van der Waals surface area contributed by atoms with E-state index >= 15 is 0 Å². The van der Waals surface area contributed by atoms with Crippen molar-refractivity contribution < 1.29 is 13.9 Å². The second-order valence-corrected chi connectivity index (χ2v) is 5.45. The summed E-state index contributed by atoms with van der Waals surface area (Å²) < 4.78 is 19.1. The standard InChI is InChI=1S/C15H17FN6O2/c1-21-4-5-22(9-21)15(23)20-13-7-14(19-8-18-13)24-12-3-2-10(17)6-11(12)16/h2-3,6-8H,4-5,9,17H2,1H3,(H,18,19,20,23). The summed E-state index contributed by atoms with van der Waals surface area (Å²) in [5.74, 6) is -0.224. The predicted molar refractivity (Wildman–Crippen MR) is 86.1 cm³/mol. The first-order valence-electron chi connectivity index (χ1n) is 7.30. The molecule has 24 heavy (non-hydrogen) atoms. The molecule has 0 saturated carbocycles. The van der Waals surface area contributed by atoms with E-state index in [4.69, 9.17) is 10.5 Å². The highest BCUT2D eigenvalue weighted by Gasteiger charge is 2.21. The number of carbonyl (C=O) groups is 1. The first kappa shape index (κ1) is 15.9. The maximum absolute atomic E-state index is 13.8. The van der Waals surface area contributed by atoms with Crippen LogP contribution in [-0.2, 0) is 0 Å². The maximum atomic E-state index is 13.8. The van der Waals surface area contributed by atoms with Crippen LogP contribution in [-0.4, -0.2) is 52.6 Å². The van der Waals surface area contributed by atoms with E-state index in [1.165, 1.54) is 24.5 Å². The fourth-order valence-corrected chi connectivity index (χ4v) is 2.25. The van der Waals surface area contributed by atoms with Gasteiger partial charge in [0.15, 0.2) is 11.6 Å². The average Bonchev–Trinajstić information content (AvgIpc) is 2.97. The van der Waals surface area contributed by atoms with Crippen LogP contribution in [0.15, 0.2) is 30.6 Å². The number of anilines is 2. The molecule has 0 bridgehead atoms. The molecule has 0 aliphatic carbocycles.